The van der Waals surface area contributed by atoms with Crippen LogP contribution >= 0.6 is 0 Å². The molecule has 16 heavy (non-hydrogen) atoms. The minimum absolute atomic E-state index is 0.208. The quantitative estimate of drug-likeness (QED) is 0.822. The second-order valence-electron chi connectivity index (χ2n) is 4.16. The van der Waals surface area contributed by atoms with Crippen LogP contribution in [0.25, 0.3) is 0 Å². The summed E-state index contributed by atoms with van der Waals surface area (Å²) in [5.41, 5.74) is 0.977. The lowest BCUT2D eigenvalue weighted by atomic mass is 10.0. The van der Waals surface area contributed by atoms with Crippen molar-refractivity contribution in [3.05, 3.63) is 29.6 Å². The van der Waals surface area contributed by atoms with Crippen molar-refractivity contribution in [2.45, 2.75) is 6.04 Å². The predicted molar refractivity (Wildman–Crippen MR) is 61.2 cm³/mol. The number of nitrogens with zero attached hydrogens (tertiary/aromatic N) is 1. The second-order valence-corrected chi connectivity index (χ2v) is 4.16. The van der Waals surface area contributed by atoms with Gasteiger partial charge in [-0.05, 0) is 24.7 Å². The van der Waals surface area contributed by atoms with E-state index in [4.69, 9.17) is 4.74 Å². The Morgan fingerprint density at radius 1 is 1.50 bits per heavy atom. The molecule has 1 N–H and O–H groups in total. The van der Waals surface area contributed by atoms with Crippen molar-refractivity contribution in [1.29, 1.82) is 0 Å². The van der Waals surface area contributed by atoms with Gasteiger partial charge in [0.15, 0.2) is 11.6 Å². The molecule has 1 unspecified atom stereocenters. The van der Waals surface area contributed by atoms with E-state index in [9.17, 15) is 4.39 Å². The largest absolute Gasteiger partial charge is 0.494 e. The van der Waals surface area contributed by atoms with E-state index in [0.29, 0.717) is 5.75 Å². The number of ether oxygens (including phenoxy) is 1. The van der Waals surface area contributed by atoms with Gasteiger partial charge >= 0.3 is 0 Å². The monoisotopic (exact) mass is 224 g/mol. The molecule has 0 amide bonds. The first kappa shape index (κ1) is 11.4. The second kappa shape index (κ2) is 4.80. The molecule has 1 aliphatic rings. The molecule has 0 saturated carbocycles. The molecular formula is C12H17FN2O. The first-order valence-electron chi connectivity index (χ1n) is 5.46. The predicted octanol–water partition coefficient (Wildman–Crippen LogP) is 1.41. The zero-order valence-corrected chi connectivity index (χ0v) is 9.66. The fourth-order valence-corrected chi connectivity index (χ4v) is 2.02. The highest BCUT2D eigenvalue weighted by Gasteiger charge is 2.19. The van der Waals surface area contributed by atoms with Crippen LogP contribution in [0, 0.1) is 5.82 Å². The van der Waals surface area contributed by atoms with Gasteiger partial charge in [-0.15, -0.1) is 0 Å². The number of halogens is 1. The van der Waals surface area contributed by atoms with Crippen LogP contribution in [0.5, 0.6) is 5.75 Å². The van der Waals surface area contributed by atoms with Crippen LogP contribution in [-0.4, -0.2) is 38.7 Å². The topological polar surface area (TPSA) is 24.5 Å². The lowest BCUT2D eigenvalue weighted by Gasteiger charge is -2.31. The van der Waals surface area contributed by atoms with Crippen LogP contribution < -0.4 is 10.1 Å². The molecule has 88 valence electrons. The molecule has 0 spiro atoms. The van der Waals surface area contributed by atoms with Crippen LogP contribution in [0.15, 0.2) is 18.2 Å². The zero-order valence-electron chi connectivity index (χ0n) is 9.66. The number of piperazine rings is 1. The molecule has 4 heteroatoms. The molecule has 1 fully saturated rings. The van der Waals surface area contributed by atoms with Gasteiger partial charge in [-0.25, -0.2) is 4.39 Å². The van der Waals surface area contributed by atoms with Crippen LogP contribution in [0.2, 0.25) is 0 Å². The number of likely N-dealkylation sites (N-methyl/N-ethyl adjacent to an activating group) is 1. The summed E-state index contributed by atoms with van der Waals surface area (Å²) in [6.07, 6.45) is 0. The maximum absolute atomic E-state index is 13.5. The summed E-state index contributed by atoms with van der Waals surface area (Å²) in [4.78, 5) is 2.24. The maximum Gasteiger partial charge on any atom is 0.165 e. The third-order valence-corrected chi connectivity index (χ3v) is 2.96. The summed E-state index contributed by atoms with van der Waals surface area (Å²) in [6, 6.07) is 5.36. The molecule has 1 atom stereocenters. The third kappa shape index (κ3) is 2.33. The van der Waals surface area contributed by atoms with Gasteiger partial charge in [-0.3, -0.25) is 0 Å². The van der Waals surface area contributed by atoms with Gasteiger partial charge in [0.05, 0.1) is 7.11 Å². The molecule has 3 nitrogen and oxygen atoms in total. The van der Waals surface area contributed by atoms with Crippen molar-refractivity contribution >= 4 is 0 Å². The molecule has 2 rings (SSSR count). The molecule has 0 aromatic heterocycles. The van der Waals surface area contributed by atoms with Crippen LogP contribution in [0.4, 0.5) is 4.39 Å². The SMILES string of the molecule is COc1ccc(C2CN(C)CCN2)cc1F. The van der Waals surface area contributed by atoms with Crippen molar-refractivity contribution in [2.24, 2.45) is 0 Å². The third-order valence-electron chi connectivity index (χ3n) is 2.96. The normalized spacial score (nSPS) is 22.1. The molecule has 1 aromatic carbocycles. The van der Waals surface area contributed by atoms with Gasteiger partial charge < -0.3 is 15.0 Å². The number of hydrogen-bond donors (Lipinski definition) is 1. The molecule has 0 aliphatic carbocycles. The Kier molecular flexibility index (Phi) is 3.41. The molecule has 1 saturated heterocycles. The molecule has 1 aliphatic heterocycles. The fourth-order valence-electron chi connectivity index (χ4n) is 2.02. The smallest absolute Gasteiger partial charge is 0.165 e. The van der Waals surface area contributed by atoms with E-state index in [-0.39, 0.29) is 11.9 Å². The zero-order chi connectivity index (χ0) is 11.5. The summed E-state index contributed by atoms with van der Waals surface area (Å²) in [6.45, 7) is 2.88. The lowest BCUT2D eigenvalue weighted by Crippen LogP contribution is -2.43. The number of nitrogens with one attached hydrogen (secondary N) is 1. The fraction of sp³-hybridized carbons (Fsp3) is 0.500. The average Bonchev–Trinajstić information content (AvgIpc) is 2.29. The maximum atomic E-state index is 13.5. The Balaban J connectivity index is 2.17. The highest BCUT2D eigenvalue weighted by molar-refractivity contribution is 5.31. The molecule has 0 bridgehead atoms. The van der Waals surface area contributed by atoms with Gasteiger partial charge in [0, 0.05) is 25.7 Å². The number of benzene rings is 1. The van der Waals surface area contributed by atoms with E-state index in [1.165, 1.54) is 7.11 Å². The van der Waals surface area contributed by atoms with Gasteiger partial charge in [0.25, 0.3) is 0 Å². The number of rotatable bonds is 2. The first-order chi connectivity index (χ1) is 7.70. The summed E-state index contributed by atoms with van der Waals surface area (Å²) >= 11 is 0. The Morgan fingerprint density at radius 3 is 2.94 bits per heavy atom. The Hall–Kier alpha value is -1.13. The van der Waals surface area contributed by atoms with E-state index < -0.39 is 0 Å². The van der Waals surface area contributed by atoms with Gasteiger partial charge in [-0.2, -0.15) is 0 Å². The Morgan fingerprint density at radius 2 is 2.31 bits per heavy atom. The van der Waals surface area contributed by atoms with E-state index in [1.54, 1.807) is 12.1 Å². The van der Waals surface area contributed by atoms with Crippen LogP contribution in [-0.2, 0) is 0 Å². The van der Waals surface area contributed by atoms with Gasteiger partial charge in [0.1, 0.15) is 0 Å². The molecule has 1 aromatic rings. The van der Waals surface area contributed by atoms with Crippen molar-refractivity contribution in [1.82, 2.24) is 10.2 Å². The van der Waals surface area contributed by atoms with Crippen molar-refractivity contribution in [3.63, 3.8) is 0 Å². The molecular weight excluding hydrogens is 207 g/mol. The number of hydrogen-bond acceptors (Lipinski definition) is 3. The number of methoxy groups -OCH3 is 1. The highest BCUT2D eigenvalue weighted by atomic mass is 19.1. The summed E-state index contributed by atoms with van der Waals surface area (Å²) < 4.78 is 18.4. The first-order valence-corrected chi connectivity index (χ1v) is 5.46. The van der Waals surface area contributed by atoms with Crippen LogP contribution in [0.3, 0.4) is 0 Å². The Bertz CT molecular complexity index is 370. The average molecular weight is 224 g/mol. The highest BCUT2D eigenvalue weighted by Crippen LogP contribution is 2.23. The molecule has 0 radical (unpaired) electrons. The Labute approximate surface area is 95.2 Å². The summed E-state index contributed by atoms with van der Waals surface area (Å²) in [5.74, 6) is 0.00272. The van der Waals surface area contributed by atoms with Crippen molar-refractivity contribution in [2.75, 3.05) is 33.8 Å². The van der Waals surface area contributed by atoms with Crippen molar-refractivity contribution < 1.29 is 9.13 Å². The standard InChI is InChI=1S/C12H17FN2O/c1-15-6-5-14-11(8-15)9-3-4-12(16-2)10(13)7-9/h3-4,7,11,14H,5-6,8H2,1-2H3. The van der Waals surface area contributed by atoms with Crippen molar-refractivity contribution in [3.8, 4) is 5.75 Å². The van der Waals surface area contributed by atoms with Gasteiger partial charge in [-0.1, -0.05) is 6.07 Å². The lowest BCUT2D eigenvalue weighted by molar-refractivity contribution is 0.240. The minimum Gasteiger partial charge on any atom is -0.494 e. The van der Waals surface area contributed by atoms with E-state index >= 15 is 0 Å². The summed E-state index contributed by atoms with van der Waals surface area (Å²) in [5, 5.41) is 3.38. The minimum atomic E-state index is -0.296. The van der Waals surface area contributed by atoms with E-state index in [0.717, 1.165) is 25.2 Å². The molecule has 1 heterocycles. The van der Waals surface area contributed by atoms with E-state index in [1.807, 2.05) is 6.07 Å². The summed E-state index contributed by atoms with van der Waals surface area (Å²) in [7, 11) is 3.55. The van der Waals surface area contributed by atoms with Gasteiger partial charge in [0.2, 0.25) is 0 Å². The van der Waals surface area contributed by atoms with Crippen LogP contribution in [0.1, 0.15) is 11.6 Å². The van der Waals surface area contributed by atoms with E-state index in [2.05, 4.69) is 17.3 Å².